The molecular weight excluding hydrogens is 356 g/mol. The highest BCUT2D eigenvalue weighted by molar-refractivity contribution is 7.89. The minimum atomic E-state index is -4.00. The zero-order chi connectivity index (χ0) is 18.0. The first kappa shape index (κ1) is 17.5. The maximum atomic E-state index is 13.3. The average Bonchev–Trinajstić information content (AvgIpc) is 3.04. The maximum Gasteiger partial charge on any atom is 0.243 e. The predicted molar refractivity (Wildman–Crippen MR) is 82.7 cm³/mol. The number of hydrogen-bond donors (Lipinski definition) is 0. The Morgan fingerprint density at radius 1 is 1.12 bits per heavy atom. The third kappa shape index (κ3) is 3.85. The Kier molecular flexibility index (Phi) is 4.82. The Labute approximate surface area is 143 Å². The largest absolute Gasteiger partial charge is 0.480 e. The standard InChI is InChI=1S/C15H15F2N3O4S/c1-23-14-2-3-15(19-18-14)24-12-4-5-20(9-12)25(21,22)13-7-10(16)6-11(17)8-13/h2-3,6-8,12H,4-5,9H2,1H3. The molecule has 0 N–H and O–H groups in total. The molecule has 0 aliphatic carbocycles. The third-order valence-corrected chi connectivity index (χ3v) is 5.54. The highest BCUT2D eigenvalue weighted by Gasteiger charge is 2.34. The van der Waals surface area contributed by atoms with E-state index >= 15 is 0 Å². The van der Waals surface area contributed by atoms with Crippen LogP contribution in [0.2, 0.25) is 0 Å². The van der Waals surface area contributed by atoms with Gasteiger partial charge in [0.05, 0.1) is 18.6 Å². The molecule has 2 aromatic rings. The Balaban J connectivity index is 1.70. The number of halogens is 2. The van der Waals surface area contributed by atoms with E-state index in [-0.39, 0.29) is 19.0 Å². The quantitative estimate of drug-likeness (QED) is 0.794. The molecule has 7 nitrogen and oxygen atoms in total. The van der Waals surface area contributed by atoms with Gasteiger partial charge >= 0.3 is 0 Å². The summed E-state index contributed by atoms with van der Waals surface area (Å²) in [6.45, 7) is 0.225. The molecule has 1 atom stereocenters. The predicted octanol–water partition coefficient (Wildman–Crippen LogP) is 1.61. The highest BCUT2D eigenvalue weighted by Crippen LogP contribution is 2.24. The smallest absolute Gasteiger partial charge is 0.243 e. The molecular formula is C15H15F2N3O4S. The molecule has 0 radical (unpaired) electrons. The average molecular weight is 371 g/mol. The SMILES string of the molecule is COc1ccc(OC2CCN(S(=O)(=O)c3cc(F)cc(F)c3)C2)nn1. The number of rotatable bonds is 5. The molecule has 3 rings (SSSR count). The molecule has 0 amide bonds. The van der Waals surface area contributed by atoms with Crippen molar-refractivity contribution in [3.05, 3.63) is 42.0 Å². The van der Waals surface area contributed by atoms with Gasteiger partial charge < -0.3 is 9.47 Å². The van der Waals surface area contributed by atoms with Crippen molar-refractivity contribution in [2.45, 2.75) is 17.4 Å². The summed E-state index contributed by atoms with van der Waals surface area (Å²) < 4.78 is 63.2. The van der Waals surface area contributed by atoms with Crippen molar-refractivity contribution in [2.24, 2.45) is 0 Å². The summed E-state index contributed by atoms with van der Waals surface area (Å²) in [5, 5.41) is 7.58. The van der Waals surface area contributed by atoms with E-state index in [9.17, 15) is 17.2 Å². The lowest BCUT2D eigenvalue weighted by molar-refractivity contribution is 0.203. The summed E-state index contributed by atoms with van der Waals surface area (Å²) in [6.07, 6.45) is -0.0130. The fraction of sp³-hybridized carbons (Fsp3) is 0.333. The first-order chi connectivity index (χ1) is 11.9. The van der Waals surface area contributed by atoms with Crippen molar-refractivity contribution in [2.75, 3.05) is 20.2 Å². The highest BCUT2D eigenvalue weighted by atomic mass is 32.2. The normalized spacial score (nSPS) is 18.3. The van der Waals surface area contributed by atoms with E-state index in [1.54, 1.807) is 12.1 Å². The Hall–Kier alpha value is -2.33. The van der Waals surface area contributed by atoms with Crippen molar-refractivity contribution in [1.82, 2.24) is 14.5 Å². The number of methoxy groups -OCH3 is 1. The van der Waals surface area contributed by atoms with Crippen LogP contribution in [0, 0.1) is 11.6 Å². The van der Waals surface area contributed by atoms with Crippen LogP contribution in [-0.4, -0.2) is 49.2 Å². The summed E-state index contributed by atoms with van der Waals surface area (Å²) in [5.41, 5.74) is 0. The molecule has 1 saturated heterocycles. The fourth-order valence-electron chi connectivity index (χ4n) is 2.49. The lowest BCUT2D eigenvalue weighted by Gasteiger charge is -2.17. The summed E-state index contributed by atoms with van der Waals surface area (Å²) in [5.74, 6) is -1.32. The van der Waals surface area contributed by atoms with Crippen molar-refractivity contribution in [3.8, 4) is 11.8 Å². The number of benzene rings is 1. The van der Waals surface area contributed by atoms with Crippen molar-refractivity contribution in [3.63, 3.8) is 0 Å². The van der Waals surface area contributed by atoms with Gasteiger partial charge in [-0.3, -0.25) is 0 Å². The molecule has 1 unspecified atom stereocenters. The first-order valence-electron chi connectivity index (χ1n) is 7.39. The van der Waals surface area contributed by atoms with E-state index in [0.717, 1.165) is 16.4 Å². The van der Waals surface area contributed by atoms with E-state index in [4.69, 9.17) is 9.47 Å². The molecule has 0 bridgehead atoms. The summed E-state index contributed by atoms with van der Waals surface area (Å²) in [6, 6.07) is 5.34. The van der Waals surface area contributed by atoms with Gasteiger partial charge in [0.25, 0.3) is 0 Å². The Morgan fingerprint density at radius 2 is 1.76 bits per heavy atom. The second kappa shape index (κ2) is 6.89. The van der Waals surface area contributed by atoms with Crippen molar-refractivity contribution >= 4 is 10.0 Å². The van der Waals surface area contributed by atoms with Crippen LogP contribution in [0.4, 0.5) is 8.78 Å². The minimum Gasteiger partial charge on any atom is -0.480 e. The molecule has 1 aromatic carbocycles. The molecule has 134 valence electrons. The van der Waals surface area contributed by atoms with Gasteiger partial charge in [0.15, 0.2) is 0 Å². The van der Waals surface area contributed by atoms with Crippen LogP contribution in [0.25, 0.3) is 0 Å². The minimum absolute atomic E-state index is 0.0498. The lowest BCUT2D eigenvalue weighted by atomic mass is 10.3. The lowest BCUT2D eigenvalue weighted by Crippen LogP contribution is -2.31. The second-order valence-electron chi connectivity index (χ2n) is 5.41. The van der Waals surface area contributed by atoms with Gasteiger partial charge in [-0.15, -0.1) is 10.2 Å². The second-order valence-corrected chi connectivity index (χ2v) is 7.35. The van der Waals surface area contributed by atoms with E-state index in [1.807, 2.05) is 0 Å². The molecule has 25 heavy (non-hydrogen) atoms. The topological polar surface area (TPSA) is 81.6 Å². The van der Waals surface area contributed by atoms with Crippen LogP contribution in [0.5, 0.6) is 11.8 Å². The van der Waals surface area contributed by atoms with Gasteiger partial charge in [-0.25, -0.2) is 17.2 Å². The van der Waals surface area contributed by atoms with Crippen LogP contribution >= 0.6 is 0 Å². The molecule has 2 heterocycles. The third-order valence-electron chi connectivity index (χ3n) is 3.69. The fourth-order valence-corrected chi connectivity index (χ4v) is 4.02. The molecule has 1 aromatic heterocycles. The number of ether oxygens (including phenoxy) is 2. The van der Waals surface area contributed by atoms with Crippen molar-refractivity contribution < 1.29 is 26.7 Å². The van der Waals surface area contributed by atoms with E-state index < -0.39 is 32.7 Å². The summed E-state index contributed by atoms with van der Waals surface area (Å²) >= 11 is 0. The number of hydrogen-bond acceptors (Lipinski definition) is 6. The summed E-state index contributed by atoms with van der Waals surface area (Å²) in [7, 11) is -2.54. The van der Waals surface area contributed by atoms with E-state index in [0.29, 0.717) is 18.4 Å². The first-order valence-corrected chi connectivity index (χ1v) is 8.83. The molecule has 1 aliphatic heterocycles. The van der Waals surface area contributed by atoms with Crippen LogP contribution in [-0.2, 0) is 10.0 Å². The van der Waals surface area contributed by atoms with E-state index in [2.05, 4.69) is 10.2 Å². The van der Waals surface area contributed by atoms with Crippen molar-refractivity contribution in [1.29, 1.82) is 0 Å². The zero-order valence-corrected chi connectivity index (χ0v) is 14.0. The van der Waals surface area contributed by atoms with Gasteiger partial charge in [-0.1, -0.05) is 0 Å². The van der Waals surface area contributed by atoms with Gasteiger partial charge in [0, 0.05) is 24.7 Å². The van der Waals surface area contributed by atoms with Gasteiger partial charge in [-0.05, 0) is 18.6 Å². The van der Waals surface area contributed by atoms with Crippen LogP contribution < -0.4 is 9.47 Å². The maximum absolute atomic E-state index is 13.3. The Morgan fingerprint density at radius 3 is 2.36 bits per heavy atom. The molecule has 1 aliphatic rings. The zero-order valence-electron chi connectivity index (χ0n) is 13.2. The van der Waals surface area contributed by atoms with E-state index in [1.165, 1.54) is 7.11 Å². The van der Waals surface area contributed by atoms with Crippen LogP contribution in [0.15, 0.2) is 35.2 Å². The van der Waals surface area contributed by atoms with Gasteiger partial charge in [-0.2, -0.15) is 4.31 Å². The van der Waals surface area contributed by atoms with Crippen LogP contribution in [0.1, 0.15) is 6.42 Å². The molecule has 1 fully saturated rings. The monoisotopic (exact) mass is 371 g/mol. The molecule has 10 heteroatoms. The molecule has 0 spiro atoms. The number of nitrogens with zero attached hydrogens (tertiary/aromatic N) is 3. The number of aromatic nitrogens is 2. The van der Waals surface area contributed by atoms with Gasteiger partial charge in [0.2, 0.25) is 21.8 Å². The number of sulfonamides is 1. The Bertz CT molecular complexity index is 841. The summed E-state index contributed by atoms with van der Waals surface area (Å²) in [4.78, 5) is -0.421. The van der Waals surface area contributed by atoms with Crippen LogP contribution in [0.3, 0.4) is 0 Å². The molecule has 0 saturated carbocycles. The van der Waals surface area contributed by atoms with Gasteiger partial charge in [0.1, 0.15) is 17.7 Å².